The fourth-order valence-electron chi connectivity index (χ4n) is 3.16. The van der Waals surface area contributed by atoms with Crippen molar-refractivity contribution >= 4 is 10.2 Å². The van der Waals surface area contributed by atoms with Gasteiger partial charge in [0.25, 0.3) is 10.2 Å². The van der Waals surface area contributed by atoms with E-state index in [1.807, 2.05) is 13.8 Å². The van der Waals surface area contributed by atoms with E-state index >= 15 is 0 Å². The summed E-state index contributed by atoms with van der Waals surface area (Å²) < 4.78 is 28.6. The normalized spacial score (nSPS) is 35.4. The van der Waals surface area contributed by atoms with Crippen molar-refractivity contribution in [1.82, 2.24) is 8.61 Å². The van der Waals surface area contributed by atoms with Crippen LogP contribution in [0.3, 0.4) is 0 Å². The van der Waals surface area contributed by atoms with E-state index in [0.717, 1.165) is 25.7 Å². The van der Waals surface area contributed by atoms with Gasteiger partial charge in [-0.05, 0) is 38.5 Å². The third-order valence-electron chi connectivity index (χ3n) is 4.55. The van der Waals surface area contributed by atoms with Crippen molar-refractivity contribution in [2.75, 3.05) is 19.6 Å². The monoisotopic (exact) mass is 290 g/mol. The maximum Gasteiger partial charge on any atom is 0.282 e. The van der Waals surface area contributed by atoms with E-state index in [4.69, 9.17) is 0 Å². The molecular weight excluding hydrogens is 264 g/mol. The Kier molecular flexibility index (Phi) is 4.87. The van der Waals surface area contributed by atoms with Crippen LogP contribution in [0.2, 0.25) is 0 Å². The fraction of sp³-hybridized carbons (Fsp3) is 1.00. The zero-order valence-electron chi connectivity index (χ0n) is 12.0. The largest absolute Gasteiger partial charge is 0.393 e. The minimum atomic E-state index is -3.35. The van der Waals surface area contributed by atoms with Crippen LogP contribution in [0.1, 0.15) is 46.0 Å². The SMILES string of the molecule is CCC1CN(S(=O)(=O)N2CCCCC2C)CCC1O. The predicted molar refractivity (Wildman–Crippen MR) is 74.9 cm³/mol. The quantitative estimate of drug-likeness (QED) is 0.849. The number of aliphatic hydroxyl groups excluding tert-OH is 1. The Bertz CT molecular complexity index is 399. The summed E-state index contributed by atoms with van der Waals surface area (Å²) in [5.41, 5.74) is 0. The topological polar surface area (TPSA) is 60.9 Å². The van der Waals surface area contributed by atoms with Gasteiger partial charge < -0.3 is 5.11 Å². The van der Waals surface area contributed by atoms with Crippen molar-refractivity contribution in [3.8, 4) is 0 Å². The average Bonchev–Trinajstić information content (AvgIpc) is 2.39. The van der Waals surface area contributed by atoms with Crippen LogP contribution in [0.15, 0.2) is 0 Å². The number of rotatable bonds is 3. The Balaban J connectivity index is 2.11. The van der Waals surface area contributed by atoms with Crippen LogP contribution in [-0.2, 0) is 10.2 Å². The molecule has 0 spiro atoms. The molecule has 2 aliphatic heterocycles. The van der Waals surface area contributed by atoms with E-state index in [-0.39, 0.29) is 18.1 Å². The van der Waals surface area contributed by atoms with Crippen molar-refractivity contribution in [1.29, 1.82) is 0 Å². The van der Waals surface area contributed by atoms with Crippen LogP contribution in [0, 0.1) is 5.92 Å². The molecule has 0 aromatic heterocycles. The highest BCUT2D eigenvalue weighted by Gasteiger charge is 2.38. The van der Waals surface area contributed by atoms with Crippen molar-refractivity contribution in [3.63, 3.8) is 0 Å². The molecule has 0 saturated carbocycles. The Morgan fingerprint density at radius 2 is 1.95 bits per heavy atom. The van der Waals surface area contributed by atoms with Crippen LogP contribution in [0.4, 0.5) is 0 Å². The molecule has 1 N–H and O–H groups in total. The van der Waals surface area contributed by atoms with Crippen molar-refractivity contribution in [2.24, 2.45) is 5.92 Å². The Hall–Kier alpha value is -0.170. The summed E-state index contributed by atoms with van der Waals surface area (Å²) in [6, 6.07) is 0.102. The van der Waals surface area contributed by atoms with Crippen molar-refractivity contribution in [3.05, 3.63) is 0 Å². The van der Waals surface area contributed by atoms with E-state index in [2.05, 4.69) is 0 Å². The van der Waals surface area contributed by atoms with Gasteiger partial charge in [0.15, 0.2) is 0 Å². The predicted octanol–water partition coefficient (Wildman–Crippen LogP) is 1.20. The Morgan fingerprint density at radius 3 is 2.58 bits per heavy atom. The summed E-state index contributed by atoms with van der Waals surface area (Å²) in [6.07, 6.45) is 4.05. The summed E-state index contributed by atoms with van der Waals surface area (Å²) in [6.45, 7) is 5.55. The first kappa shape index (κ1) is 15.2. The molecule has 0 radical (unpaired) electrons. The number of piperidine rings is 2. The molecule has 5 nitrogen and oxygen atoms in total. The Morgan fingerprint density at radius 1 is 1.21 bits per heavy atom. The number of hydrogen-bond donors (Lipinski definition) is 1. The number of hydrogen-bond acceptors (Lipinski definition) is 3. The first-order valence-corrected chi connectivity index (χ1v) is 8.81. The summed E-state index contributed by atoms with van der Waals surface area (Å²) in [5, 5.41) is 9.88. The average molecular weight is 290 g/mol. The van der Waals surface area contributed by atoms with Gasteiger partial charge in [-0.2, -0.15) is 17.0 Å². The second-order valence-electron chi connectivity index (χ2n) is 5.85. The lowest BCUT2D eigenvalue weighted by Gasteiger charge is -2.40. The summed E-state index contributed by atoms with van der Waals surface area (Å²) >= 11 is 0. The van der Waals surface area contributed by atoms with E-state index in [1.54, 1.807) is 8.61 Å². The molecule has 19 heavy (non-hydrogen) atoms. The van der Waals surface area contributed by atoms with Gasteiger partial charge >= 0.3 is 0 Å². The molecule has 0 bridgehead atoms. The number of nitrogens with zero attached hydrogens (tertiary/aromatic N) is 2. The molecule has 2 aliphatic rings. The maximum absolute atomic E-state index is 12.7. The zero-order chi connectivity index (χ0) is 14.0. The molecular formula is C13H26N2O3S. The van der Waals surface area contributed by atoms with Gasteiger partial charge in [0.05, 0.1) is 6.10 Å². The maximum atomic E-state index is 12.7. The molecule has 0 aromatic rings. The lowest BCUT2D eigenvalue weighted by Crippen LogP contribution is -2.54. The van der Waals surface area contributed by atoms with E-state index in [9.17, 15) is 13.5 Å². The summed E-state index contributed by atoms with van der Waals surface area (Å²) in [5.74, 6) is 0.0728. The van der Waals surface area contributed by atoms with Gasteiger partial charge in [-0.15, -0.1) is 0 Å². The van der Waals surface area contributed by atoms with Gasteiger partial charge in [-0.25, -0.2) is 0 Å². The van der Waals surface area contributed by atoms with Gasteiger partial charge in [0.2, 0.25) is 0 Å². The molecule has 0 aromatic carbocycles. The smallest absolute Gasteiger partial charge is 0.282 e. The highest BCUT2D eigenvalue weighted by molar-refractivity contribution is 7.86. The fourth-order valence-corrected chi connectivity index (χ4v) is 5.09. The molecule has 3 atom stereocenters. The number of aliphatic hydroxyl groups is 1. The van der Waals surface area contributed by atoms with Crippen molar-refractivity contribution < 1.29 is 13.5 Å². The Labute approximate surface area is 116 Å². The van der Waals surface area contributed by atoms with Gasteiger partial charge in [-0.3, -0.25) is 0 Å². The van der Waals surface area contributed by atoms with E-state index in [1.165, 1.54) is 0 Å². The summed E-state index contributed by atoms with van der Waals surface area (Å²) in [4.78, 5) is 0. The zero-order valence-corrected chi connectivity index (χ0v) is 12.8. The molecule has 2 fully saturated rings. The minimum absolute atomic E-state index is 0.0728. The van der Waals surface area contributed by atoms with Gasteiger partial charge in [-0.1, -0.05) is 13.3 Å². The molecule has 2 saturated heterocycles. The second kappa shape index (κ2) is 6.08. The molecule has 6 heteroatoms. The summed E-state index contributed by atoms with van der Waals surface area (Å²) in [7, 11) is -3.35. The van der Waals surface area contributed by atoms with Crippen LogP contribution in [0.25, 0.3) is 0 Å². The highest BCUT2D eigenvalue weighted by atomic mass is 32.2. The van der Waals surface area contributed by atoms with Crippen molar-refractivity contribution in [2.45, 2.75) is 58.1 Å². The first-order valence-electron chi connectivity index (χ1n) is 7.41. The van der Waals surface area contributed by atoms with Crippen LogP contribution < -0.4 is 0 Å². The molecule has 0 amide bonds. The third kappa shape index (κ3) is 3.12. The molecule has 112 valence electrons. The van der Waals surface area contributed by atoms with Crippen LogP contribution in [-0.4, -0.2) is 53.9 Å². The standard InChI is InChI=1S/C13H26N2O3S/c1-3-12-10-14(9-7-13(12)16)19(17,18)15-8-5-4-6-11(15)2/h11-13,16H,3-10H2,1-2H3. The lowest BCUT2D eigenvalue weighted by molar-refractivity contribution is 0.0492. The first-order chi connectivity index (χ1) is 8.96. The van der Waals surface area contributed by atoms with Gasteiger partial charge in [0.1, 0.15) is 0 Å². The lowest BCUT2D eigenvalue weighted by atomic mass is 9.94. The van der Waals surface area contributed by atoms with Gasteiger partial charge in [0, 0.05) is 25.7 Å². The third-order valence-corrected chi connectivity index (χ3v) is 6.66. The highest BCUT2D eigenvalue weighted by Crippen LogP contribution is 2.27. The minimum Gasteiger partial charge on any atom is -0.393 e. The van der Waals surface area contributed by atoms with Crippen LogP contribution in [0.5, 0.6) is 0 Å². The van der Waals surface area contributed by atoms with Crippen LogP contribution >= 0.6 is 0 Å². The molecule has 0 aliphatic carbocycles. The molecule has 2 rings (SSSR count). The van der Waals surface area contributed by atoms with E-state index in [0.29, 0.717) is 26.1 Å². The van der Waals surface area contributed by atoms with E-state index < -0.39 is 10.2 Å². The molecule has 3 unspecified atom stereocenters. The molecule has 2 heterocycles. The second-order valence-corrected chi connectivity index (χ2v) is 7.73.